The fourth-order valence-electron chi connectivity index (χ4n) is 3.53. The zero-order valence-electron chi connectivity index (χ0n) is 20.0. The van der Waals surface area contributed by atoms with E-state index in [4.69, 9.17) is 36.4 Å². The Labute approximate surface area is 209 Å². The molecule has 1 amide bonds. The summed E-state index contributed by atoms with van der Waals surface area (Å²) in [5.41, 5.74) is 6.01. The highest BCUT2D eigenvalue weighted by Crippen LogP contribution is 2.33. The minimum Gasteiger partial charge on any atom is -0.463 e. The molecule has 1 fully saturated rings. The number of amidine groups is 1. The first-order chi connectivity index (χ1) is 16.8. The molecule has 0 saturated heterocycles. The molecule has 3 N–H and O–H groups in total. The summed E-state index contributed by atoms with van der Waals surface area (Å²) in [5, 5.41) is 6.69. The van der Waals surface area contributed by atoms with Crippen LogP contribution < -0.4 is 11.1 Å². The molecule has 2 rings (SSSR count). The molecule has 1 aliphatic rings. The van der Waals surface area contributed by atoms with E-state index >= 15 is 0 Å². The lowest BCUT2D eigenvalue weighted by molar-refractivity contribution is -0.144. The number of rotatable bonds is 11. The van der Waals surface area contributed by atoms with Crippen molar-refractivity contribution in [3.8, 4) is 0 Å². The molecule has 0 bridgehead atoms. The molecule has 0 heterocycles. The maximum absolute atomic E-state index is 12.6. The number of alkyl halides is 1. The van der Waals surface area contributed by atoms with E-state index in [1.807, 2.05) is 30.3 Å². The molecular formula is C24H32ClN3O7. The highest BCUT2D eigenvalue weighted by Gasteiger charge is 2.41. The number of hydrogen-bond acceptors (Lipinski definition) is 8. The third-order valence-electron chi connectivity index (χ3n) is 5.48. The molecule has 1 aliphatic carbocycles. The smallest absolute Gasteiger partial charge is 0.408 e. The van der Waals surface area contributed by atoms with Crippen molar-refractivity contribution in [2.75, 3.05) is 19.1 Å². The van der Waals surface area contributed by atoms with Crippen LogP contribution in [0.2, 0.25) is 0 Å². The maximum atomic E-state index is 12.6. The van der Waals surface area contributed by atoms with Crippen molar-refractivity contribution in [3.63, 3.8) is 0 Å². The van der Waals surface area contributed by atoms with Gasteiger partial charge in [-0.15, -0.1) is 11.6 Å². The van der Waals surface area contributed by atoms with Crippen LogP contribution in [-0.2, 0) is 35.2 Å². The standard InChI is InChI=1S/C24H32ClN3O7/c1-3-32-20(29)14-19(21(30)33-4-2)35-28-22(26)24(12-10-17(15-25)11-13-24)27-23(31)34-16-18-8-6-5-7-9-18/h5-9,14,17H,3-4,10-13,15-16H2,1-2H3,(H2,26,28)(H,27,31). The Hall–Kier alpha value is -3.27. The van der Waals surface area contributed by atoms with Crippen molar-refractivity contribution in [1.82, 2.24) is 5.32 Å². The summed E-state index contributed by atoms with van der Waals surface area (Å²) >= 11 is 6.02. The van der Waals surface area contributed by atoms with Crippen LogP contribution in [0.3, 0.4) is 0 Å². The van der Waals surface area contributed by atoms with Crippen LogP contribution in [0.15, 0.2) is 47.3 Å². The number of benzene rings is 1. The number of esters is 2. The summed E-state index contributed by atoms with van der Waals surface area (Å²) in [5.74, 6) is -1.54. The van der Waals surface area contributed by atoms with Gasteiger partial charge in [-0.25, -0.2) is 14.4 Å². The lowest BCUT2D eigenvalue weighted by Crippen LogP contribution is -2.59. The largest absolute Gasteiger partial charge is 0.463 e. The van der Waals surface area contributed by atoms with Crippen molar-refractivity contribution < 1.29 is 33.4 Å². The molecule has 10 nitrogen and oxygen atoms in total. The quantitative estimate of drug-likeness (QED) is 0.0676. The molecule has 192 valence electrons. The molecule has 0 aliphatic heterocycles. The topological polar surface area (TPSA) is 139 Å². The Morgan fingerprint density at radius 2 is 1.77 bits per heavy atom. The minimum atomic E-state index is -1.08. The van der Waals surface area contributed by atoms with Gasteiger partial charge in [0.05, 0.1) is 19.3 Å². The predicted molar refractivity (Wildman–Crippen MR) is 129 cm³/mol. The number of alkyl carbamates (subject to hydrolysis) is 1. The summed E-state index contributed by atoms with van der Waals surface area (Å²) in [6, 6.07) is 9.24. The monoisotopic (exact) mass is 509 g/mol. The number of carbonyl (C=O) groups is 3. The van der Waals surface area contributed by atoms with E-state index in [1.165, 1.54) is 0 Å². The first kappa shape index (κ1) is 28.0. The minimum absolute atomic E-state index is 0.0557. The number of nitrogens with zero attached hydrogens (tertiary/aromatic N) is 1. The van der Waals surface area contributed by atoms with Crippen LogP contribution in [0.25, 0.3) is 0 Å². The lowest BCUT2D eigenvalue weighted by Gasteiger charge is -2.39. The van der Waals surface area contributed by atoms with E-state index < -0.39 is 29.3 Å². The molecule has 1 aromatic carbocycles. The third kappa shape index (κ3) is 8.79. The molecule has 0 atom stereocenters. The molecule has 1 saturated carbocycles. The lowest BCUT2D eigenvalue weighted by atomic mass is 9.76. The van der Waals surface area contributed by atoms with E-state index in [0.717, 1.165) is 11.6 Å². The molecule has 0 unspecified atom stereocenters. The average molecular weight is 510 g/mol. The molecule has 0 spiro atoms. The average Bonchev–Trinajstić information content (AvgIpc) is 2.86. The number of ether oxygens (including phenoxy) is 3. The normalized spacial score (nSPS) is 20.5. The summed E-state index contributed by atoms with van der Waals surface area (Å²) < 4.78 is 15.1. The third-order valence-corrected chi connectivity index (χ3v) is 5.91. The van der Waals surface area contributed by atoms with Gasteiger partial charge in [0.2, 0.25) is 5.76 Å². The van der Waals surface area contributed by atoms with Gasteiger partial charge >= 0.3 is 18.0 Å². The summed E-state index contributed by atoms with van der Waals surface area (Å²) in [6.45, 7) is 3.47. The van der Waals surface area contributed by atoms with Crippen molar-refractivity contribution in [2.24, 2.45) is 16.8 Å². The number of carbonyl (C=O) groups excluding carboxylic acids is 3. The van der Waals surface area contributed by atoms with Gasteiger partial charge in [0, 0.05) is 5.88 Å². The molecule has 1 aromatic rings. The second-order valence-corrected chi connectivity index (χ2v) is 8.22. The predicted octanol–water partition coefficient (Wildman–Crippen LogP) is 3.38. The van der Waals surface area contributed by atoms with E-state index in [0.29, 0.717) is 31.6 Å². The Bertz CT molecular complexity index is 913. The van der Waals surface area contributed by atoms with Gasteiger partial charge in [0.1, 0.15) is 12.1 Å². The Balaban J connectivity index is 2.19. The number of oxime groups is 1. The van der Waals surface area contributed by atoms with Crippen LogP contribution in [0, 0.1) is 5.92 Å². The zero-order chi connectivity index (χ0) is 25.7. The second-order valence-electron chi connectivity index (χ2n) is 7.92. The zero-order valence-corrected chi connectivity index (χ0v) is 20.7. The number of amides is 1. The summed E-state index contributed by atoms with van der Waals surface area (Å²) in [6.07, 6.45) is 2.38. The molecule has 0 radical (unpaired) electrons. The second kappa shape index (κ2) is 14.2. The maximum Gasteiger partial charge on any atom is 0.408 e. The first-order valence-corrected chi connectivity index (χ1v) is 12.0. The van der Waals surface area contributed by atoms with E-state index in [1.54, 1.807) is 13.8 Å². The summed E-state index contributed by atoms with van der Waals surface area (Å²) in [7, 11) is 0. The van der Waals surface area contributed by atoms with E-state index in [9.17, 15) is 14.4 Å². The van der Waals surface area contributed by atoms with Crippen LogP contribution in [0.5, 0.6) is 0 Å². The molecular weight excluding hydrogens is 478 g/mol. The SMILES string of the molecule is CCOC(=O)C=C(O/N=C(\N)C1(NC(=O)OCc2ccccc2)CCC(CCl)CC1)C(=O)OCC. The number of hydrogen-bond donors (Lipinski definition) is 2. The van der Waals surface area contributed by atoms with Crippen LogP contribution in [0.1, 0.15) is 45.1 Å². The summed E-state index contributed by atoms with van der Waals surface area (Å²) in [4.78, 5) is 41.9. The van der Waals surface area contributed by atoms with Gasteiger partial charge in [-0.3, -0.25) is 0 Å². The highest BCUT2D eigenvalue weighted by atomic mass is 35.5. The van der Waals surface area contributed by atoms with Gasteiger partial charge in [-0.05, 0) is 51.0 Å². The first-order valence-electron chi connectivity index (χ1n) is 11.4. The Kier molecular flexibility index (Phi) is 11.4. The Morgan fingerprint density at radius 1 is 1.11 bits per heavy atom. The Morgan fingerprint density at radius 3 is 2.37 bits per heavy atom. The van der Waals surface area contributed by atoms with Gasteiger partial charge < -0.3 is 30.1 Å². The van der Waals surface area contributed by atoms with Crippen LogP contribution >= 0.6 is 11.6 Å². The van der Waals surface area contributed by atoms with Crippen molar-refractivity contribution >= 4 is 35.5 Å². The van der Waals surface area contributed by atoms with Gasteiger partial charge in [-0.1, -0.05) is 35.5 Å². The van der Waals surface area contributed by atoms with E-state index in [-0.39, 0.29) is 31.6 Å². The van der Waals surface area contributed by atoms with Crippen LogP contribution in [-0.4, -0.2) is 48.5 Å². The van der Waals surface area contributed by atoms with Gasteiger partial charge in [0.25, 0.3) is 0 Å². The van der Waals surface area contributed by atoms with E-state index in [2.05, 4.69) is 10.5 Å². The van der Waals surface area contributed by atoms with Crippen molar-refractivity contribution in [1.29, 1.82) is 0 Å². The van der Waals surface area contributed by atoms with Crippen molar-refractivity contribution in [3.05, 3.63) is 47.7 Å². The fourth-order valence-corrected chi connectivity index (χ4v) is 3.83. The molecule has 35 heavy (non-hydrogen) atoms. The molecule has 0 aromatic heterocycles. The fraction of sp³-hybridized carbons (Fsp3) is 0.500. The number of nitrogens with two attached hydrogens (primary N) is 1. The number of halogens is 1. The van der Waals surface area contributed by atoms with Crippen LogP contribution in [0.4, 0.5) is 4.79 Å². The van der Waals surface area contributed by atoms with Crippen molar-refractivity contribution in [2.45, 2.75) is 51.7 Å². The van der Waals surface area contributed by atoms with Gasteiger partial charge in [-0.2, -0.15) is 0 Å². The highest BCUT2D eigenvalue weighted by molar-refractivity contribution is 6.18. The number of nitrogens with one attached hydrogen (secondary N) is 1. The van der Waals surface area contributed by atoms with Gasteiger partial charge in [0.15, 0.2) is 5.84 Å². The molecule has 11 heteroatoms.